The molecule has 4 nitrogen and oxygen atoms in total. The van der Waals surface area contributed by atoms with Crippen LogP contribution in [0.4, 0.5) is 0 Å². The van der Waals surface area contributed by atoms with Crippen LogP contribution in [-0.2, 0) is 0 Å². The van der Waals surface area contributed by atoms with E-state index in [9.17, 15) is 4.79 Å². The minimum Gasteiger partial charge on any atom is -0.478 e. The number of allylic oxidation sites excluding steroid dienone is 1. The van der Waals surface area contributed by atoms with Gasteiger partial charge in [0, 0.05) is 15.6 Å². The van der Waals surface area contributed by atoms with Crippen LogP contribution < -0.4 is 9.47 Å². The molecule has 0 aliphatic carbocycles. The highest BCUT2D eigenvalue weighted by atomic mass is 35.5. The molecular weight excluding hydrogens is 349 g/mol. The van der Waals surface area contributed by atoms with Gasteiger partial charge in [0.2, 0.25) is 5.78 Å². The van der Waals surface area contributed by atoms with E-state index >= 15 is 0 Å². The van der Waals surface area contributed by atoms with Gasteiger partial charge in [0.15, 0.2) is 12.4 Å². The third-order valence-corrected chi connectivity index (χ3v) is 4.14. The molecule has 0 atom stereocenters. The number of hydrogen-bond donors (Lipinski definition) is 0. The Hall–Kier alpha value is -2.48. The van der Waals surface area contributed by atoms with Crippen LogP contribution in [0.25, 0.3) is 6.08 Å². The van der Waals surface area contributed by atoms with Gasteiger partial charge in [-0.1, -0.05) is 29.3 Å². The topological polar surface area (TPSA) is 59.3 Å². The Bertz CT molecular complexity index is 913. The Morgan fingerprint density at radius 2 is 2.08 bits per heavy atom. The molecule has 0 aromatic heterocycles. The minimum atomic E-state index is -0.231. The fourth-order valence-corrected chi connectivity index (χ4v) is 2.86. The number of carbonyl (C=O) groups excluding carboxylic acids is 1. The quantitative estimate of drug-likeness (QED) is 0.737. The monoisotopic (exact) mass is 359 g/mol. The van der Waals surface area contributed by atoms with Crippen molar-refractivity contribution in [1.82, 2.24) is 0 Å². The number of benzene rings is 2. The minimum absolute atomic E-state index is 0.0728. The van der Waals surface area contributed by atoms with Crippen LogP contribution in [0.1, 0.15) is 21.5 Å². The van der Waals surface area contributed by atoms with Crippen LogP contribution in [-0.4, -0.2) is 12.4 Å². The van der Waals surface area contributed by atoms with E-state index < -0.39 is 0 Å². The molecule has 2 aromatic rings. The molecule has 0 saturated heterocycles. The van der Waals surface area contributed by atoms with Crippen molar-refractivity contribution in [2.45, 2.75) is 6.92 Å². The average Bonchev–Trinajstić information content (AvgIpc) is 2.87. The van der Waals surface area contributed by atoms with Crippen molar-refractivity contribution in [3.63, 3.8) is 0 Å². The van der Waals surface area contributed by atoms with Gasteiger partial charge in [0.25, 0.3) is 0 Å². The van der Waals surface area contributed by atoms with E-state index in [1.807, 2.05) is 6.07 Å². The lowest BCUT2D eigenvalue weighted by atomic mass is 10.1. The summed E-state index contributed by atoms with van der Waals surface area (Å²) in [6, 6.07) is 10.2. The molecule has 0 saturated carbocycles. The summed E-state index contributed by atoms with van der Waals surface area (Å²) in [4.78, 5) is 12.5. The second-order valence-electron chi connectivity index (χ2n) is 5.12. The lowest BCUT2D eigenvalue weighted by Crippen LogP contribution is -1.98. The molecule has 3 rings (SSSR count). The summed E-state index contributed by atoms with van der Waals surface area (Å²) in [6.07, 6.45) is 1.58. The van der Waals surface area contributed by atoms with E-state index in [0.717, 1.165) is 0 Å². The number of rotatable bonds is 3. The molecule has 0 fully saturated rings. The van der Waals surface area contributed by atoms with Crippen LogP contribution in [0.15, 0.2) is 36.1 Å². The number of Topliss-reactive ketones (excluding diaryl/α,β-unsaturated/α-hetero) is 1. The third kappa shape index (κ3) is 2.96. The molecule has 6 heteroatoms. The molecule has 24 heavy (non-hydrogen) atoms. The van der Waals surface area contributed by atoms with E-state index in [1.165, 1.54) is 0 Å². The van der Waals surface area contributed by atoms with Gasteiger partial charge in [-0.3, -0.25) is 4.79 Å². The summed E-state index contributed by atoms with van der Waals surface area (Å²) < 4.78 is 11.0. The normalized spacial score (nSPS) is 14.2. The van der Waals surface area contributed by atoms with Gasteiger partial charge in [-0.2, -0.15) is 5.26 Å². The van der Waals surface area contributed by atoms with Gasteiger partial charge in [0.1, 0.15) is 17.6 Å². The van der Waals surface area contributed by atoms with Crippen LogP contribution in [0, 0.1) is 18.3 Å². The molecule has 1 aliphatic rings. The molecule has 0 spiro atoms. The summed E-state index contributed by atoms with van der Waals surface area (Å²) in [6.45, 7) is 1.70. The maximum atomic E-state index is 12.5. The van der Waals surface area contributed by atoms with E-state index in [2.05, 4.69) is 0 Å². The van der Waals surface area contributed by atoms with Crippen molar-refractivity contribution in [2.24, 2.45) is 0 Å². The lowest BCUT2D eigenvalue weighted by molar-refractivity contribution is 0.101. The lowest BCUT2D eigenvalue weighted by Gasteiger charge is -2.08. The zero-order valence-corrected chi connectivity index (χ0v) is 14.1. The number of ether oxygens (including phenoxy) is 2. The van der Waals surface area contributed by atoms with Gasteiger partial charge in [-0.05, 0) is 42.8 Å². The first-order chi connectivity index (χ1) is 11.5. The Morgan fingerprint density at radius 3 is 2.79 bits per heavy atom. The standard InChI is InChI=1S/C18H11Cl2NO3/c1-10-15(23-7-6-21)5-4-13-17(22)16(24-18(10)13)8-11-2-3-12(19)9-14(11)20/h2-5,8-9H,7H2,1H3/b16-8-. The van der Waals surface area contributed by atoms with Crippen LogP contribution >= 0.6 is 23.2 Å². The third-order valence-electron chi connectivity index (χ3n) is 3.58. The molecule has 0 N–H and O–H groups in total. The van der Waals surface area contributed by atoms with Crippen LogP contribution in [0.3, 0.4) is 0 Å². The zero-order valence-electron chi connectivity index (χ0n) is 12.6. The van der Waals surface area contributed by atoms with Crippen molar-refractivity contribution in [1.29, 1.82) is 5.26 Å². The Kier molecular flexibility index (Phi) is 4.48. The summed E-state index contributed by atoms with van der Waals surface area (Å²) in [5, 5.41) is 9.56. The fraction of sp³-hybridized carbons (Fsp3) is 0.111. The number of nitriles is 1. The average molecular weight is 360 g/mol. The maximum absolute atomic E-state index is 12.5. The van der Waals surface area contributed by atoms with Gasteiger partial charge in [-0.25, -0.2) is 0 Å². The number of hydrogen-bond acceptors (Lipinski definition) is 4. The molecular formula is C18H11Cl2NO3. The van der Waals surface area contributed by atoms with Crippen molar-refractivity contribution in [2.75, 3.05) is 6.61 Å². The second-order valence-corrected chi connectivity index (χ2v) is 5.96. The van der Waals surface area contributed by atoms with Crippen molar-refractivity contribution < 1.29 is 14.3 Å². The summed E-state index contributed by atoms with van der Waals surface area (Å²) in [7, 11) is 0. The SMILES string of the molecule is Cc1c(OCC#N)ccc2c1O/C(=C\c1ccc(Cl)cc1Cl)C2=O. The number of nitrogens with zero attached hydrogens (tertiary/aromatic N) is 1. The zero-order chi connectivity index (χ0) is 17.3. The Morgan fingerprint density at radius 1 is 1.29 bits per heavy atom. The van der Waals surface area contributed by atoms with Gasteiger partial charge >= 0.3 is 0 Å². The molecule has 120 valence electrons. The largest absolute Gasteiger partial charge is 0.478 e. The Balaban J connectivity index is 1.97. The van der Waals surface area contributed by atoms with Crippen molar-refractivity contribution in [3.8, 4) is 17.6 Å². The molecule has 0 radical (unpaired) electrons. The first-order valence-corrected chi connectivity index (χ1v) is 7.79. The molecule has 0 amide bonds. The second kappa shape index (κ2) is 6.56. The first kappa shape index (κ1) is 16.4. The fourth-order valence-electron chi connectivity index (χ4n) is 2.39. The first-order valence-electron chi connectivity index (χ1n) is 7.04. The van der Waals surface area contributed by atoms with E-state index in [1.54, 1.807) is 43.3 Å². The maximum Gasteiger partial charge on any atom is 0.231 e. The van der Waals surface area contributed by atoms with Gasteiger partial charge in [0.05, 0.1) is 5.56 Å². The van der Waals surface area contributed by atoms with Gasteiger partial charge < -0.3 is 9.47 Å². The summed E-state index contributed by atoms with van der Waals surface area (Å²) in [5.74, 6) is 0.890. The molecule has 2 aromatic carbocycles. The number of carbonyl (C=O) groups is 1. The summed E-state index contributed by atoms with van der Waals surface area (Å²) >= 11 is 12.0. The number of fused-ring (bicyclic) bond motifs is 1. The van der Waals surface area contributed by atoms with E-state index in [0.29, 0.717) is 38.2 Å². The number of ketones is 1. The van der Waals surface area contributed by atoms with Crippen molar-refractivity contribution in [3.05, 3.63) is 62.8 Å². The highest BCUT2D eigenvalue weighted by Gasteiger charge is 2.30. The molecule has 1 heterocycles. The molecule has 0 unspecified atom stereocenters. The highest BCUT2D eigenvalue weighted by molar-refractivity contribution is 6.35. The smallest absolute Gasteiger partial charge is 0.231 e. The molecule has 0 bridgehead atoms. The van der Waals surface area contributed by atoms with Crippen molar-refractivity contribution >= 4 is 35.1 Å². The summed E-state index contributed by atoms with van der Waals surface area (Å²) in [5.41, 5.74) is 1.76. The number of halogens is 2. The Labute approximate surface area is 148 Å². The predicted molar refractivity (Wildman–Crippen MR) is 91.7 cm³/mol. The predicted octanol–water partition coefficient (Wildman–Crippen LogP) is 4.82. The van der Waals surface area contributed by atoms with Gasteiger partial charge in [-0.15, -0.1) is 0 Å². The highest BCUT2D eigenvalue weighted by Crippen LogP contribution is 2.39. The van der Waals surface area contributed by atoms with Crippen LogP contribution in [0.2, 0.25) is 10.0 Å². The van der Waals surface area contributed by atoms with E-state index in [-0.39, 0.29) is 18.1 Å². The molecule has 1 aliphatic heterocycles. The van der Waals surface area contributed by atoms with E-state index in [4.69, 9.17) is 37.9 Å². The van der Waals surface area contributed by atoms with Crippen LogP contribution in [0.5, 0.6) is 11.5 Å².